The van der Waals surface area contributed by atoms with E-state index in [2.05, 4.69) is 25.5 Å². The summed E-state index contributed by atoms with van der Waals surface area (Å²) < 4.78 is 0. The normalized spacial score (nSPS) is 11.8. The second-order valence-corrected chi connectivity index (χ2v) is 7.48. The SMILES string of the molecule is CC(C)(C)c1[nH]nc2c1c(=O)[nH]c1cc(NC(=O)c3cccnc3)ccc12. The van der Waals surface area contributed by atoms with Crippen LogP contribution >= 0.6 is 0 Å². The Kier molecular flexibility index (Phi) is 3.80. The third-order valence-electron chi connectivity index (χ3n) is 4.45. The number of carbonyl (C=O) groups excluding carboxylic acids is 1. The van der Waals surface area contributed by atoms with Crippen LogP contribution in [0.3, 0.4) is 0 Å². The fourth-order valence-corrected chi connectivity index (χ4v) is 3.12. The third-order valence-corrected chi connectivity index (χ3v) is 4.45. The molecule has 3 N–H and O–H groups in total. The van der Waals surface area contributed by atoms with Crippen LogP contribution in [0.2, 0.25) is 0 Å². The first-order valence-electron chi connectivity index (χ1n) is 8.60. The number of aromatic nitrogens is 4. The summed E-state index contributed by atoms with van der Waals surface area (Å²) in [6.45, 7) is 6.09. The molecule has 0 unspecified atom stereocenters. The molecule has 4 aromatic rings. The van der Waals surface area contributed by atoms with Crippen molar-refractivity contribution in [2.75, 3.05) is 5.32 Å². The fraction of sp³-hybridized carbons (Fsp3) is 0.200. The number of hydrogen-bond donors (Lipinski definition) is 3. The molecule has 7 heteroatoms. The number of fused-ring (bicyclic) bond motifs is 3. The number of benzene rings is 1. The first kappa shape index (κ1) is 17.0. The van der Waals surface area contributed by atoms with E-state index in [1.165, 1.54) is 6.20 Å². The van der Waals surface area contributed by atoms with Crippen molar-refractivity contribution >= 4 is 33.4 Å². The van der Waals surface area contributed by atoms with E-state index < -0.39 is 0 Å². The number of anilines is 1. The Balaban J connectivity index is 1.79. The van der Waals surface area contributed by atoms with E-state index in [0.29, 0.717) is 27.7 Å². The zero-order valence-corrected chi connectivity index (χ0v) is 15.3. The summed E-state index contributed by atoms with van der Waals surface area (Å²) in [5.74, 6) is -0.263. The van der Waals surface area contributed by atoms with Crippen LogP contribution in [0.25, 0.3) is 21.8 Å². The number of amides is 1. The number of carbonyl (C=O) groups is 1. The minimum absolute atomic E-state index is 0.202. The van der Waals surface area contributed by atoms with Crippen LogP contribution in [-0.4, -0.2) is 26.1 Å². The number of H-pyrrole nitrogens is 2. The molecule has 0 fully saturated rings. The predicted molar refractivity (Wildman–Crippen MR) is 105 cm³/mol. The maximum absolute atomic E-state index is 12.7. The number of rotatable bonds is 2. The van der Waals surface area contributed by atoms with Gasteiger partial charge in [-0.2, -0.15) is 5.10 Å². The Morgan fingerprint density at radius 1 is 1.19 bits per heavy atom. The summed E-state index contributed by atoms with van der Waals surface area (Å²) >= 11 is 0. The standard InChI is InChI=1S/C20H19N5O2/c1-20(2,3)17-15-16(24-25-17)13-7-6-12(9-14(13)23-19(15)27)22-18(26)11-5-4-8-21-10-11/h4-10H,1-3H3,(H,22,26)(H,23,27)(H,24,25). The molecular weight excluding hydrogens is 342 g/mol. The van der Waals surface area contributed by atoms with E-state index in [1.54, 1.807) is 30.5 Å². The highest BCUT2D eigenvalue weighted by molar-refractivity contribution is 6.07. The minimum Gasteiger partial charge on any atom is -0.322 e. The van der Waals surface area contributed by atoms with Crippen molar-refractivity contribution in [3.8, 4) is 0 Å². The zero-order valence-electron chi connectivity index (χ0n) is 15.3. The Labute approximate surface area is 154 Å². The van der Waals surface area contributed by atoms with Gasteiger partial charge in [-0.15, -0.1) is 0 Å². The highest BCUT2D eigenvalue weighted by Gasteiger charge is 2.23. The van der Waals surface area contributed by atoms with Crippen molar-refractivity contribution in [1.29, 1.82) is 0 Å². The summed E-state index contributed by atoms with van der Waals surface area (Å²) in [5.41, 5.74) is 2.66. The van der Waals surface area contributed by atoms with Gasteiger partial charge in [0.1, 0.15) is 5.52 Å². The lowest BCUT2D eigenvalue weighted by atomic mass is 9.90. The summed E-state index contributed by atoms with van der Waals surface area (Å²) in [5, 5.41) is 11.6. The quantitative estimate of drug-likeness (QED) is 0.509. The Morgan fingerprint density at radius 3 is 2.70 bits per heavy atom. The van der Waals surface area contributed by atoms with Crippen molar-refractivity contribution in [3.05, 3.63) is 64.3 Å². The van der Waals surface area contributed by atoms with E-state index in [-0.39, 0.29) is 16.9 Å². The van der Waals surface area contributed by atoms with Crippen LogP contribution in [0.1, 0.15) is 36.8 Å². The molecule has 3 heterocycles. The van der Waals surface area contributed by atoms with Crippen LogP contribution in [0, 0.1) is 0 Å². The summed E-state index contributed by atoms with van der Waals surface area (Å²) in [6, 6.07) is 8.76. The first-order chi connectivity index (χ1) is 12.8. The number of hydrogen-bond acceptors (Lipinski definition) is 4. The second kappa shape index (κ2) is 6.05. The highest BCUT2D eigenvalue weighted by Crippen LogP contribution is 2.29. The first-order valence-corrected chi connectivity index (χ1v) is 8.60. The van der Waals surface area contributed by atoms with E-state index in [4.69, 9.17) is 0 Å². The van der Waals surface area contributed by atoms with E-state index in [1.807, 2.05) is 26.8 Å². The monoisotopic (exact) mass is 361 g/mol. The number of aromatic amines is 2. The molecule has 0 saturated carbocycles. The van der Waals surface area contributed by atoms with Crippen molar-refractivity contribution < 1.29 is 4.79 Å². The lowest BCUT2D eigenvalue weighted by Gasteiger charge is -2.16. The largest absolute Gasteiger partial charge is 0.322 e. The summed E-state index contributed by atoms with van der Waals surface area (Å²) in [7, 11) is 0. The molecule has 27 heavy (non-hydrogen) atoms. The highest BCUT2D eigenvalue weighted by atomic mass is 16.1. The molecule has 0 aliphatic carbocycles. The van der Waals surface area contributed by atoms with Crippen molar-refractivity contribution in [1.82, 2.24) is 20.2 Å². The summed E-state index contributed by atoms with van der Waals surface area (Å²) in [4.78, 5) is 31.8. The second-order valence-electron chi connectivity index (χ2n) is 7.48. The Bertz CT molecular complexity index is 1220. The van der Waals surface area contributed by atoms with Gasteiger partial charge in [0.25, 0.3) is 11.5 Å². The lowest BCUT2D eigenvalue weighted by Crippen LogP contribution is -2.16. The molecular formula is C20H19N5O2. The maximum Gasteiger partial charge on any atom is 0.259 e. The van der Waals surface area contributed by atoms with Gasteiger partial charge in [0.05, 0.1) is 22.2 Å². The van der Waals surface area contributed by atoms with Gasteiger partial charge in [-0.05, 0) is 30.3 Å². The van der Waals surface area contributed by atoms with E-state index in [0.717, 1.165) is 11.1 Å². The molecule has 0 saturated heterocycles. The van der Waals surface area contributed by atoms with Crippen molar-refractivity contribution in [3.63, 3.8) is 0 Å². The molecule has 4 rings (SSSR count). The zero-order chi connectivity index (χ0) is 19.2. The molecule has 1 amide bonds. The molecule has 0 radical (unpaired) electrons. The van der Waals surface area contributed by atoms with Gasteiger partial charge >= 0.3 is 0 Å². The van der Waals surface area contributed by atoms with Crippen LogP contribution in [0.4, 0.5) is 5.69 Å². The molecule has 0 aliphatic heterocycles. The third kappa shape index (κ3) is 2.97. The van der Waals surface area contributed by atoms with E-state index >= 15 is 0 Å². The molecule has 3 aromatic heterocycles. The van der Waals surface area contributed by atoms with Gasteiger partial charge in [-0.25, -0.2) is 0 Å². The smallest absolute Gasteiger partial charge is 0.259 e. The Hall–Kier alpha value is -3.48. The van der Waals surface area contributed by atoms with Gasteiger partial charge in [-0.1, -0.05) is 20.8 Å². The number of nitrogens with zero attached hydrogens (tertiary/aromatic N) is 2. The number of pyridine rings is 2. The minimum atomic E-state index is -0.263. The van der Waals surface area contributed by atoms with Crippen LogP contribution in [-0.2, 0) is 5.41 Å². The van der Waals surface area contributed by atoms with Gasteiger partial charge in [0, 0.05) is 28.9 Å². The maximum atomic E-state index is 12.7. The van der Waals surface area contributed by atoms with Crippen molar-refractivity contribution in [2.24, 2.45) is 0 Å². The van der Waals surface area contributed by atoms with Crippen LogP contribution < -0.4 is 10.9 Å². The van der Waals surface area contributed by atoms with Gasteiger partial charge in [0.2, 0.25) is 0 Å². The topological polar surface area (TPSA) is 104 Å². The molecule has 7 nitrogen and oxygen atoms in total. The molecule has 0 aliphatic rings. The molecule has 136 valence electrons. The van der Waals surface area contributed by atoms with Gasteiger partial charge in [0.15, 0.2) is 0 Å². The predicted octanol–water partition coefficient (Wildman–Crippen LogP) is 3.35. The fourth-order valence-electron chi connectivity index (χ4n) is 3.12. The number of nitrogens with one attached hydrogen (secondary N) is 3. The molecule has 0 atom stereocenters. The van der Waals surface area contributed by atoms with Gasteiger partial charge < -0.3 is 10.3 Å². The van der Waals surface area contributed by atoms with Crippen LogP contribution in [0.5, 0.6) is 0 Å². The van der Waals surface area contributed by atoms with E-state index in [9.17, 15) is 9.59 Å². The molecule has 0 bridgehead atoms. The molecule has 0 spiro atoms. The molecule has 1 aromatic carbocycles. The van der Waals surface area contributed by atoms with Gasteiger partial charge in [-0.3, -0.25) is 19.7 Å². The average molecular weight is 361 g/mol. The average Bonchev–Trinajstić information content (AvgIpc) is 3.09. The van der Waals surface area contributed by atoms with Crippen LogP contribution in [0.15, 0.2) is 47.5 Å². The van der Waals surface area contributed by atoms with Crippen molar-refractivity contribution in [2.45, 2.75) is 26.2 Å². The summed E-state index contributed by atoms with van der Waals surface area (Å²) in [6.07, 6.45) is 3.11. The lowest BCUT2D eigenvalue weighted by molar-refractivity contribution is 0.102. The Morgan fingerprint density at radius 2 is 2.00 bits per heavy atom.